The first-order valence-electron chi connectivity index (χ1n) is 8.97. The molecule has 0 spiro atoms. The van der Waals surface area contributed by atoms with E-state index >= 15 is 0 Å². The molecule has 0 aliphatic rings. The molecule has 0 saturated heterocycles. The molecule has 1 N–H and O–H groups in total. The Labute approximate surface area is 169 Å². The van der Waals surface area contributed by atoms with Gasteiger partial charge in [0.25, 0.3) is 10.0 Å². The molecular weight excluding hydrogens is 401 g/mol. The fraction of sp³-hybridized carbons (Fsp3) is 0.250. The van der Waals surface area contributed by atoms with Gasteiger partial charge < -0.3 is 0 Å². The van der Waals surface area contributed by atoms with Crippen LogP contribution in [0.2, 0.25) is 5.02 Å². The molecule has 0 amide bonds. The molecule has 0 aliphatic carbocycles. The second-order valence-electron chi connectivity index (χ2n) is 6.45. The third-order valence-corrected chi connectivity index (χ3v) is 6.04. The second-order valence-corrected chi connectivity index (χ2v) is 8.54. The van der Waals surface area contributed by atoms with Gasteiger partial charge >= 0.3 is 0 Å². The van der Waals surface area contributed by atoms with Crippen molar-refractivity contribution < 1.29 is 12.8 Å². The first kappa shape index (κ1) is 20.4. The third-order valence-electron chi connectivity index (χ3n) is 4.31. The van der Waals surface area contributed by atoms with Gasteiger partial charge in [0.1, 0.15) is 5.82 Å². The maximum atomic E-state index is 13.9. The normalized spacial score (nSPS) is 11.5. The smallest absolute Gasteiger partial charge is 0.263 e. The molecule has 0 aliphatic heterocycles. The molecule has 0 radical (unpaired) electrons. The second kappa shape index (κ2) is 8.75. The number of hydrogen-bond acceptors (Lipinski definition) is 3. The molecule has 2 aromatic carbocycles. The van der Waals surface area contributed by atoms with Gasteiger partial charge in [0.2, 0.25) is 0 Å². The van der Waals surface area contributed by atoms with Crippen molar-refractivity contribution in [3.05, 3.63) is 76.7 Å². The number of rotatable bonds is 8. The van der Waals surface area contributed by atoms with Crippen LogP contribution in [-0.4, -0.2) is 18.2 Å². The quantitative estimate of drug-likeness (QED) is 0.564. The lowest BCUT2D eigenvalue weighted by Gasteiger charge is -2.08. The fourth-order valence-electron chi connectivity index (χ4n) is 2.76. The molecule has 1 heterocycles. The number of hydrogen-bond donors (Lipinski definition) is 1. The molecule has 0 saturated carbocycles. The summed E-state index contributed by atoms with van der Waals surface area (Å²) in [7, 11) is -3.75. The van der Waals surface area contributed by atoms with Gasteiger partial charge in [0, 0.05) is 22.8 Å². The molecular formula is C20H21ClFN3O2S. The Morgan fingerprint density at radius 2 is 1.89 bits per heavy atom. The molecule has 8 heteroatoms. The lowest BCUT2D eigenvalue weighted by molar-refractivity contribution is 0.585. The molecule has 5 nitrogen and oxygen atoms in total. The number of halogens is 2. The van der Waals surface area contributed by atoms with Crippen LogP contribution in [0.4, 0.5) is 10.2 Å². The molecule has 148 valence electrons. The summed E-state index contributed by atoms with van der Waals surface area (Å²) in [6, 6.07) is 12.8. The number of aromatic nitrogens is 2. The van der Waals surface area contributed by atoms with Crippen molar-refractivity contribution in [2.75, 3.05) is 4.72 Å². The molecule has 3 rings (SSSR count). The summed E-state index contributed by atoms with van der Waals surface area (Å²) in [5, 5.41) is 4.45. The van der Waals surface area contributed by atoms with Crippen LogP contribution < -0.4 is 4.72 Å². The highest BCUT2D eigenvalue weighted by atomic mass is 35.5. The fourth-order valence-corrected chi connectivity index (χ4v) is 3.98. The molecule has 28 heavy (non-hydrogen) atoms. The summed E-state index contributed by atoms with van der Waals surface area (Å²) >= 11 is 6.02. The minimum atomic E-state index is -3.75. The van der Waals surface area contributed by atoms with Gasteiger partial charge in [-0.3, -0.25) is 9.40 Å². The van der Waals surface area contributed by atoms with Gasteiger partial charge in [0.05, 0.1) is 11.4 Å². The van der Waals surface area contributed by atoms with Crippen LogP contribution in [0.5, 0.6) is 0 Å². The number of sulfonamides is 1. The highest BCUT2D eigenvalue weighted by Gasteiger charge is 2.16. The number of benzene rings is 2. The first-order valence-corrected chi connectivity index (χ1v) is 10.8. The van der Waals surface area contributed by atoms with E-state index in [1.807, 2.05) is 12.1 Å². The predicted octanol–water partition coefficient (Wildman–Crippen LogP) is 4.87. The molecule has 3 aromatic rings. The monoisotopic (exact) mass is 421 g/mol. The van der Waals surface area contributed by atoms with Crippen LogP contribution in [0.1, 0.15) is 30.9 Å². The van der Waals surface area contributed by atoms with Gasteiger partial charge in [-0.25, -0.2) is 12.8 Å². The van der Waals surface area contributed by atoms with E-state index in [-0.39, 0.29) is 17.3 Å². The molecule has 0 fully saturated rings. The third kappa shape index (κ3) is 4.91. The van der Waals surface area contributed by atoms with E-state index in [1.165, 1.54) is 22.9 Å². The zero-order valence-corrected chi connectivity index (χ0v) is 17.0. The summed E-state index contributed by atoms with van der Waals surface area (Å²) < 4.78 is 42.9. The molecule has 0 atom stereocenters. The van der Waals surface area contributed by atoms with Crippen molar-refractivity contribution in [1.82, 2.24) is 9.78 Å². The van der Waals surface area contributed by atoms with Crippen LogP contribution >= 0.6 is 11.6 Å². The Morgan fingerprint density at radius 3 is 2.57 bits per heavy atom. The van der Waals surface area contributed by atoms with Crippen LogP contribution in [-0.2, 0) is 23.0 Å². The van der Waals surface area contributed by atoms with Crippen LogP contribution in [0, 0.1) is 5.82 Å². The summed E-state index contributed by atoms with van der Waals surface area (Å²) in [6.45, 7) is 2.21. The Morgan fingerprint density at radius 1 is 1.14 bits per heavy atom. The van der Waals surface area contributed by atoms with Crippen molar-refractivity contribution in [3.8, 4) is 0 Å². The molecule has 0 unspecified atom stereocenters. The Hall–Kier alpha value is -2.38. The first-order chi connectivity index (χ1) is 13.4. The number of unbranched alkanes of at least 4 members (excludes halogenated alkanes) is 1. The van der Waals surface area contributed by atoms with Crippen molar-refractivity contribution in [1.29, 1.82) is 0 Å². The highest BCUT2D eigenvalue weighted by Crippen LogP contribution is 2.21. The SMILES string of the molecule is CCCCc1ccc(S(=O)(=O)Nc2ccn(Cc3c(F)cccc3Cl)n2)cc1. The van der Waals surface area contributed by atoms with Gasteiger partial charge in [-0.1, -0.05) is 43.1 Å². The van der Waals surface area contributed by atoms with Gasteiger partial charge in [-0.15, -0.1) is 0 Å². The van der Waals surface area contributed by atoms with Crippen LogP contribution in [0.25, 0.3) is 0 Å². The van der Waals surface area contributed by atoms with Crippen molar-refractivity contribution in [2.24, 2.45) is 0 Å². The number of anilines is 1. The zero-order chi connectivity index (χ0) is 20.1. The van der Waals surface area contributed by atoms with Gasteiger partial charge in [-0.2, -0.15) is 5.10 Å². The summed E-state index contributed by atoms with van der Waals surface area (Å²) in [4.78, 5) is 0.166. The predicted molar refractivity (Wildman–Crippen MR) is 109 cm³/mol. The maximum absolute atomic E-state index is 13.9. The number of aryl methyl sites for hydroxylation is 1. The Balaban J connectivity index is 1.71. The largest absolute Gasteiger partial charge is 0.266 e. The minimum absolute atomic E-state index is 0.0966. The van der Waals surface area contributed by atoms with Gasteiger partial charge in [0.15, 0.2) is 5.82 Å². The summed E-state index contributed by atoms with van der Waals surface area (Å²) in [5.41, 5.74) is 1.40. The standard InChI is InChI=1S/C20H21ClFN3O2S/c1-2-3-5-15-8-10-16(11-9-15)28(26,27)24-20-12-13-25(23-20)14-17-18(21)6-4-7-19(17)22/h4,6-13H,2-3,5,14H2,1H3,(H,23,24). The Bertz CT molecular complexity index is 1030. The average molecular weight is 422 g/mol. The number of nitrogens with one attached hydrogen (secondary N) is 1. The van der Waals surface area contributed by atoms with E-state index in [9.17, 15) is 12.8 Å². The molecule has 0 bridgehead atoms. The van der Waals surface area contributed by atoms with Crippen LogP contribution in [0.3, 0.4) is 0 Å². The van der Waals surface area contributed by atoms with Crippen molar-refractivity contribution >= 4 is 27.4 Å². The number of nitrogens with zero attached hydrogens (tertiary/aromatic N) is 2. The van der Waals surface area contributed by atoms with E-state index in [1.54, 1.807) is 24.4 Å². The van der Waals surface area contributed by atoms with E-state index in [2.05, 4.69) is 16.7 Å². The lowest BCUT2D eigenvalue weighted by Crippen LogP contribution is -2.14. The summed E-state index contributed by atoms with van der Waals surface area (Å²) in [6.07, 6.45) is 4.64. The zero-order valence-electron chi connectivity index (χ0n) is 15.4. The van der Waals surface area contributed by atoms with Gasteiger partial charge in [-0.05, 0) is 42.7 Å². The van der Waals surface area contributed by atoms with Crippen LogP contribution in [0.15, 0.2) is 59.6 Å². The maximum Gasteiger partial charge on any atom is 0.263 e. The average Bonchev–Trinajstić information content (AvgIpc) is 3.10. The summed E-state index contributed by atoms with van der Waals surface area (Å²) in [5.74, 6) is -0.282. The topological polar surface area (TPSA) is 64.0 Å². The van der Waals surface area contributed by atoms with Crippen molar-refractivity contribution in [2.45, 2.75) is 37.6 Å². The van der Waals surface area contributed by atoms with Crippen molar-refractivity contribution in [3.63, 3.8) is 0 Å². The minimum Gasteiger partial charge on any atom is -0.266 e. The van der Waals surface area contributed by atoms with E-state index in [4.69, 9.17) is 11.6 Å². The van der Waals surface area contributed by atoms with E-state index in [0.29, 0.717) is 10.6 Å². The molecule has 1 aromatic heterocycles. The Kier molecular flexibility index (Phi) is 6.36. The van der Waals surface area contributed by atoms with E-state index in [0.717, 1.165) is 24.8 Å². The highest BCUT2D eigenvalue weighted by molar-refractivity contribution is 7.92. The van der Waals surface area contributed by atoms with E-state index < -0.39 is 15.8 Å². The lowest BCUT2D eigenvalue weighted by atomic mass is 10.1.